The molecule has 0 aliphatic carbocycles. The van der Waals surface area contributed by atoms with Gasteiger partial charge in [0.2, 0.25) is 11.8 Å². The zero-order valence-corrected chi connectivity index (χ0v) is 12.2. The highest BCUT2D eigenvalue weighted by atomic mass is 35.5. The Morgan fingerprint density at radius 3 is 2.84 bits per heavy atom. The van der Waals surface area contributed by atoms with Crippen molar-refractivity contribution in [2.45, 2.75) is 38.9 Å². The zero-order chi connectivity index (χ0) is 13.3. The Hall–Kier alpha value is -1.18. The van der Waals surface area contributed by atoms with Gasteiger partial charge in [-0.3, -0.25) is 9.69 Å². The number of nitrogens with one attached hydrogen (secondary N) is 1. The minimum absolute atomic E-state index is 0. The van der Waals surface area contributed by atoms with E-state index in [2.05, 4.69) is 15.5 Å². The minimum atomic E-state index is -0.618. The Bertz CT molecular complexity index is 443. The molecule has 0 spiro atoms. The maximum atomic E-state index is 11.5. The fourth-order valence-corrected chi connectivity index (χ4v) is 1.80. The highest BCUT2D eigenvalue weighted by Crippen LogP contribution is 2.15. The van der Waals surface area contributed by atoms with Gasteiger partial charge < -0.3 is 15.6 Å². The molecular weight excluding hydrogens is 270 g/mol. The van der Waals surface area contributed by atoms with Crippen molar-refractivity contribution < 1.29 is 9.32 Å². The Morgan fingerprint density at radius 1 is 1.58 bits per heavy atom. The lowest BCUT2D eigenvalue weighted by molar-refractivity contribution is -0.128. The van der Waals surface area contributed by atoms with Crippen molar-refractivity contribution in [3.8, 4) is 0 Å². The number of piperazine rings is 1. The van der Waals surface area contributed by atoms with Gasteiger partial charge in [0.25, 0.3) is 0 Å². The predicted molar refractivity (Wildman–Crippen MR) is 71.6 cm³/mol. The second-order valence-electron chi connectivity index (χ2n) is 5.17. The van der Waals surface area contributed by atoms with E-state index in [1.165, 1.54) is 0 Å². The van der Waals surface area contributed by atoms with E-state index in [-0.39, 0.29) is 24.4 Å². The highest BCUT2D eigenvalue weighted by molar-refractivity contribution is 5.85. The van der Waals surface area contributed by atoms with Gasteiger partial charge in [-0.1, -0.05) is 5.16 Å². The Morgan fingerprint density at radius 2 is 2.26 bits per heavy atom. The van der Waals surface area contributed by atoms with Crippen molar-refractivity contribution in [3.63, 3.8) is 0 Å². The summed E-state index contributed by atoms with van der Waals surface area (Å²) < 4.78 is 5.16. The molecule has 0 aromatic carbocycles. The molecule has 1 unspecified atom stereocenters. The monoisotopic (exact) mass is 289 g/mol. The van der Waals surface area contributed by atoms with Crippen LogP contribution >= 0.6 is 12.4 Å². The van der Waals surface area contributed by atoms with Crippen LogP contribution in [-0.2, 0) is 16.9 Å². The number of aromatic nitrogens is 2. The number of hydrogen-bond acceptors (Lipinski definition) is 6. The van der Waals surface area contributed by atoms with Crippen LogP contribution in [0.4, 0.5) is 0 Å². The van der Waals surface area contributed by atoms with Crippen LogP contribution in [0.1, 0.15) is 32.5 Å². The maximum Gasteiger partial charge on any atom is 0.240 e. The molecule has 1 aliphatic rings. The van der Waals surface area contributed by atoms with Crippen LogP contribution in [-0.4, -0.2) is 40.1 Å². The Kier molecular flexibility index (Phi) is 4.89. The van der Waals surface area contributed by atoms with Crippen molar-refractivity contribution in [1.82, 2.24) is 20.4 Å². The smallest absolute Gasteiger partial charge is 0.240 e. The van der Waals surface area contributed by atoms with Crippen LogP contribution < -0.4 is 11.1 Å². The normalized spacial score (nSPS) is 20.8. The average molecular weight is 290 g/mol. The average Bonchev–Trinajstić information content (AvgIpc) is 2.73. The third-order valence-corrected chi connectivity index (χ3v) is 3.01. The Labute approximate surface area is 118 Å². The molecule has 108 valence electrons. The number of halogens is 1. The van der Waals surface area contributed by atoms with E-state index in [9.17, 15) is 4.79 Å². The van der Waals surface area contributed by atoms with Crippen LogP contribution in [0.2, 0.25) is 0 Å². The van der Waals surface area contributed by atoms with Gasteiger partial charge in [0.05, 0.1) is 18.1 Å². The third kappa shape index (κ3) is 3.65. The van der Waals surface area contributed by atoms with E-state index in [0.717, 1.165) is 6.54 Å². The number of hydrogen-bond donors (Lipinski definition) is 2. The molecule has 0 saturated carbocycles. The van der Waals surface area contributed by atoms with Crippen LogP contribution in [0.3, 0.4) is 0 Å². The van der Waals surface area contributed by atoms with Gasteiger partial charge >= 0.3 is 0 Å². The van der Waals surface area contributed by atoms with Gasteiger partial charge in [0.15, 0.2) is 5.82 Å². The van der Waals surface area contributed by atoms with Crippen molar-refractivity contribution >= 4 is 18.3 Å². The summed E-state index contributed by atoms with van der Waals surface area (Å²) in [5, 5.41) is 6.67. The SMILES string of the molecule is CC1C(=O)NCCN1Cc1nc(C(C)(C)N)no1.Cl. The van der Waals surface area contributed by atoms with E-state index in [1.54, 1.807) is 0 Å². The molecule has 1 aromatic rings. The fourth-order valence-electron chi connectivity index (χ4n) is 1.80. The summed E-state index contributed by atoms with van der Waals surface area (Å²) in [6.07, 6.45) is 0. The molecule has 2 rings (SSSR count). The van der Waals surface area contributed by atoms with Crippen molar-refractivity contribution in [3.05, 3.63) is 11.7 Å². The van der Waals surface area contributed by atoms with Crippen molar-refractivity contribution in [2.24, 2.45) is 5.73 Å². The second-order valence-corrected chi connectivity index (χ2v) is 5.17. The summed E-state index contributed by atoms with van der Waals surface area (Å²) >= 11 is 0. The molecule has 8 heteroatoms. The first kappa shape index (κ1) is 15.9. The summed E-state index contributed by atoms with van der Waals surface area (Å²) in [6.45, 7) is 7.39. The van der Waals surface area contributed by atoms with E-state index in [0.29, 0.717) is 24.8 Å². The molecule has 1 aliphatic heterocycles. The lowest BCUT2D eigenvalue weighted by Gasteiger charge is -2.31. The van der Waals surface area contributed by atoms with Gasteiger partial charge in [-0.15, -0.1) is 12.4 Å². The minimum Gasteiger partial charge on any atom is -0.353 e. The molecule has 19 heavy (non-hydrogen) atoms. The van der Waals surface area contributed by atoms with Gasteiger partial charge in [-0.25, -0.2) is 0 Å². The predicted octanol–water partition coefficient (Wildman–Crippen LogP) is 0.00550. The Balaban J connectivity index is 0.00000180. The zero-order valence-electron chi connectivity index (χ0n) is 11.3. The van der Waals surface area contributed by atoms with E-state index in [1.807, 2.05) is 25.7 Å². The standard InChI is InChI=1S/C11H19N5O2.ClH/c1-7-9(17)13-4-5-16(7)6-8-14-10(15-18-8)11(2,3)12;/h7H,4-6,12H2,1-3H3,(H,13,17);1H. The molecule has 1 amide bonds. The largest absolute Gasteiger partial charge is 0.353 e. The molecule has 1 aromatic heterocycles. The topological polar surface area (TPSA) is 97.3 Å². The van der Waals surface area contributed by atoms with E-state index >= 15 is 0 Å². The molecule has 7 nitrogen and oxygen atoms in total. The van der Waals surface area contributed by atoms with Crippen molar-refractivity contribution in [1.29, 1.82) is 0 Å². The molecular formula is C11H20ClN5O2. The summed E-state index contributed by atoms with van der Waals surface area (Å²) in [4.78, 5) is 17.8. The fraction of sp³-hybridized carbons (Fsp3) is 0.727. The number of nitrogens with zero attached hydrogens (tertiary/aromatic N) is 3. The summed E-state index contributed by atoms with van der Waals surface area (Å²) in [5.74, 6) is 0.997. The molecule has 1 saturated heterocycles. The van der Waals surface area contributed by atoms with E-state index in [4.69, 9.17) is 10.3 Å². The summed E-state index contributed by atoms with van der Waals surface area (Å²) in [6, 6.07) is -0.181. The van der Waals surface area contributed by atoms with Crippen LogP contribution in [0.15, 0.2) is 4.52 Å². The number of nitrogens with two attached hydrogens (primary N) is 1. The van der Waals surface area contributed by atoms with Gasteiger partial charge in [0, 0.05) is 13.1 Å². The van der Waals surface area contributed by atoms with Crippen molar-refractivity contribution in [2.75, 3.05) is 13.1 Å². The highest BCUT2D eigenvalue weighted by Gasteiger charge is 2.28. The molecule has 2 heterocycles. The van der Waals surface area contributed by atoms with Crippen LogP contribution in [0.5, 0.6) is 0 Å². The maximum absolute atomic E-state index is 11.5. The lowest BCUT2D eigenvalue weighted by atomic mass is 10.1. The van der Waals surface area contributed by atoms with Gasteiger partial charge in [0.1, 0.15) is 0 Å². The molecule has 0 radical (unpaired) electrons. The number of rotatable bonds is 3. The lowest BCUT2D eigenvalue weighted by Crippen LogP contribution is -2.53. The molecule has 1 atom stereocenters. The summed E-state index contributed by atoms with van der Waals surface area (Å²) in [7, 11) is 0. The van der Waals surface area contributed by atoms with Crippen LogP contribution in [0, 0.1) is 0 Å². The summed E-state index contributed by atoms with van der Waals surface area (Å²) in [5.41, 5.74) is 5.27. The quantitative estimate of drug-likeness (QED) is 0.813. The number of amides is 1. The first-order valence-corrected chi connectivity index (χ1v) is 6.01. The van der Waals surface area contributed by atoms with Gasteiger partial charge in [-0.05, 0) is 20.8 Å². The second kappa shape index (κ2) is 5.85. The first-order chi connectivity index (χ1) is 8.38. The molecule has 1 fully saturated rings. The van der Waals surface area contributed by atoms with Crippen LogP contribution in [0.25, 0.3) is 0 Å². The molecule has 3 N–H and O–H groups in total. The third-order valence-electron chi connectivity index (χ3n) is 3.01. The molecule has 0 bridgehead atoms. The number of carbonyl (C=O) groups excluding carboxylic acids is 1. The van der Waals surface area contributed by atoms with E-state index < -0.39 is 5.54 Å². The van der Waals surface area contributed by atoms with Gasteiger partial charge in [-0.2, -0.15) is 4.98 Å². The first-order valence-electron chi connectivity index (χ1n) is 6.01. The number of carbonyl (C=O) groups is 1.